The van der Waals surface area contributed by atoms with Gasteiger partial charge in [-0.05, 0) is 37.8 Å². The predicted octanol–water partition coefficient (Wildman–Crippen LogP) is 3.81. The maximum Gasteiger partial charge on any atom is 0.122 e. The third-order valence-corrected chi connectivity index (χ3v) is 2.23. The van der Waals surface area contributed by atoms with E-state index in [4.69, 9.17) is 4.74 Å². The Bertz CT molecular complexity index is 278. The van der Waals surface area contributed by atoms with Crippen molar-refractivity contribution in [2.75, 3.05) is 0 Å². The molecular weight excluding hydrogens is 172 g/mol. The Labute approximate surface area is 87.1 Å². The van der Waals surface area contributed by atoms with Gasteiger partial charge in [0.2, 0.25) is 0 Å². The lowest BCUT2D eigenvalue weighted by atomic mass is 10.1. The van der Waals surface area contributed by atoms with Crippen molar-refractivity contribution < 1.29 is 4.74 Å². The zero-order chi connectivity index (χ0) is 10.6. The van der Waals surface area contributed by atoms with Crippen LogP contribution in [-0.4, -0.2) is 6.10 Å². The highest BCUT2D eigenvalue weighted by Gasteiger charge is 2.07. The minimum atomic E-state index is 0.302. The van der Waals surface area contributed by atoms with Crippen LogP contribution in [0.4, 0.5) is 0 Å². The molecule has 1 unspecified atom stereocenters. The van der Waals surface area contributed by atoms with Crippen LogP contribution in [0.2, 0.25) is 0 Å². The van der Waals surface area contributed by atoms with Gasteiger partial charge in [-0.15, -0.1) is 0 Å². The summed E-state index contributed by atoms with van der Waals surface area (Å²) in [5.41, 5.74) is 1.21. The van der Waals surface area contributed by atoms with Gasteiger partial charge in [-0.2, -0.15) is 0 Å². The van der Waals surface area contributed by atoms with Gasteiger partial charge in [0.15, 0.2) is 0 Å². The van der Waals surface area contributed by atoms with Crippen molar-refractivity contribution >= 4 is 0 Å². The molecule has 14 heavy (non-hydrogen) atoms. The molecule has 1 aromatic carbocycles. The fourth-order valence-electron chi connectivity index (χ4n) is 1.62. The first-order chi connectivity index (χ1) is 6.59. The number of para-hydroxylation sites is 1. The predicted molar refractivity (Wildman–Crippen MR) is 60.7 cm³/mol. The number of rotatable bonds is 4. The van der Waals surface area contributed by atoms with Crippen LogP contribution in [0.25, 0.3) is 0 Å². The van der Waals surface area contributed by atoms with E-state index in [1.54, 1.807) is 0 Å². The van der Waals surface area contributed by atoms with Gasteiger partial charge < -0.3 is 4.74 Å². The SMILES string of the molecule is Cc1ccccc1OC(C)CC(C)C. The highest BCUT2D eigenvalue weighted by molar-refractivity contribution is 5.31. The second-order valence-electron chi connectivity index (χ2n) is 4.32. The van der Waals surface area contributed by atoms with Crippen LogP contribution < -0.4 is 4.74 Å². The summed E-state index contributed by atoms with van der Waals surface area (Å²) >= 11 is 0. The molecular formula is C13H20O. The van der Waals surface area contributed by atoms with Gasteiger partial charge in [0.25, 0.3) is 0 Å². The van der Waals surface area contributed by atoms with Gasteiger partial charge in [-0.3, -0.25) is 0 Å². The number of aryl methyl sites for hydroxylation is 1. The molecule has 0 heterocycles. The average Bonchev–Trinajstić information content (AvgIpc) is 2.07. The second-order valence-corrected chi connectivity index (χ2v) is 4.32. The zero-order valence-corrected chi connectivity index (χ0v) is 9.58. The minimum Gasteiger partial charge on any atom is -0.490 e. The minimum absolute atomic E-state index is 0.302. The fraction of sp³-hybridized carbons (Fsp3) is 0.538. The lowest BCUT2D eigenvalue weighted by Gasteiger charge is -2.17. The number of hydrogen-bond donors (Lipinski definition) is 0. The van der Waals surface area contributed by atoms with E-state index in [1.165, 1.54) is 5.56 Å². The highest BCUT2D eigenvalue weighted by Crippen LogP contribution is 2.19. The van der Waals surface area contributed by atoms with Crippen LogP contribution in [-0.2, 0) is 0 Å². The van der Waals surface area contributed by atoms with Crippen LogP contribution in [0.5, 0.6) is 5.75 Å². The molecule has 0 radical (unpaired) electrons. The molecule has 0 saturated carbocycles. The van der Waals surface area contributed by atoms with E-state index < -0.39 is 0 Å². The van der Waals surface area contributed by atoms with Gasteiger partial charge in [-0.1, -0.05) is 32.0 Å². The maximum absolute atomic E-state index is 5.86. The van der Waals surface area contributed by atoms with Crippen molar-refractivity contribution in [3.63, 3.8) is 0 Å². The summed E-state index contributed by atoms with van der Waals surface area (Å²) in [5.74, 6) is 1.70. The molecule has 1 rings (SSSR count). The summed E-state index contributed by atoms with van der Waals surface area (Å²) < 4.78 is 5.86. The molecule has 1 heteroatoms. The summed E-state index contributed by atoms with van der Waals surface area (Å²) in [6, 6.07) is 8.17. The first kappa shape index (κ1) is 11.1. The molecule has 0 amide bonds. The van der Waals surface area contributed by atoms with Crippen LogP contribution in [0.3, 0.4) is 0 Å². The quantitative estimate of drug-likeness (QED) is 0.705. The molecule has 0 N–H and O–H groups in total. The molecule has 1 atom stereocenters. The molecule has 0 spiro atoms. The van der Waals surface area contributed by atoms with E-state index in [1.807, 2.05) is 18.2 Å². The molecule has 0 aliphatic rings. The fourth-order valence-corrected chi connectivity index (χ4v) is 1.62. The third-order valence-electron chi connectivity index (χ3n) is 2.23. The highest BCUT2D eigenvalue weighted by atomic mass is 16.5. The summed E-state index contributed by atoms with van der Waals surface area (Å²) in [7, 11) is 0. The van der Waals surface area contributed by atoms with Crippen LogP contribution in [0.15, 0.2) is 24.3 Å². The second kappa shape index (κ2) is 5.04. The van der Waals surface area contributed by atoms with Gasteiger partial charge in [0.1, 0.15) is 5.75 Å². The Morgan fingerprint density at radius 3 is 2.36 bits per heavy atom. The zero-order valence-electron chi connectivity index (χ0n) is 9.58. The Morgan fingerprint density at radius 1 is 1.14 bits per heavy atom. The molecule has 0 saturated heterocycles. The molecule has 0 aromatic heterocycles. The van der Waals surface area contributed by atoms with E-state index in [0.29, 0.717) is 12.0 Å². The van der Waals surface area contributed by atoms with Crippen molar-refractivity contribution in [2.45, 2.75) is 40.2 Å². The van der Waals surface area contributed by atoms with Crippen LogP contribution >= 0.6 is 0 Å². The smallest absolute Gasteiger partial charge is 0.122 e. The normalized spacial score (nSPS) is 12.9. The van der Waals surface area contributed by atoms with E-state index in [0.717, 1.165) is 12.2 Å². The monoisotopic (exact) mass is 192 g/mol. The topological polar surface area (TPSA) is 9.23 Å². The lowest BCUT2D eigenvalue weighted by Crippen LogP contribution is -2.14. The first-order valence-corrected chi connectivity index (χ1v) is 5.32. The lowest BCUT2D eigenvalue weighted by molar-refractivity contribution is 0.192. The summed E-state index contributed by atoms with van der Waals surface area (Å²) in [4.78, 5) is 0. The Kier molecular flexibility index (Phi) is 3.99. The van der Waals surface area contributed by atoms with Gasteiger partial charge in [-0.25, -0.2) is 0 Å². The van der Waals surface area contributed by atoms with Crippen molar-refractivity contribution in [3.8, 4) is 5.75 Å². The number of benzene rings is 1. The largest absolute Gasteiger partial charge is 0.490 e. The summed E-state index contributed by atoms with van der Waals surface area (Å²) in [6.45, 7) is 8.65. The van der Waals surface area contributed by atoms with Crippen LogP contribution in [0, 0.1) is 12.8 Å². The third kappa shape index (κ3) is 3.41. The number of hydrogen-bond acceptors (Lipinski definition) is 1. The van der Waals surface area contributed by atoms with Crippen molar-refractivity contribution in [3.05, 3.63) is 29.8 Å². The molecule has 78 valence electrons. The van der Waals surface area contributed by atoms with Gasteiger partial charge in [0.05, 0.1) is 6.10 Å². The summed E-state index contributed by atoms with van der Waals surface area (Å²) in [5, 5.41) is 0. The first-order valence-electron chi connectivity index (χ1n) is 5.32. The standard InChI is InChI=1S/C13H20O/c1-10(2)9-12(4)14-13-8-6-5-7-11(13)3/h5-8,10,12H,9H2,1-4H3. The Morgan fingerprint density at radius 2 is 1.79 bits per heavy atom. The van der Waals surface area contributed by atoms with E-state index >= 15 is 0 Å². The van der Waals surface area contributed by atoms with E-state index in [-0.39, 0.29) is 0 Å². The van der Waals surface area contributed by atoms with Gasteiger partial charge >= 0.3 is 0 Å². The molecule has 0 aliphatic carbocycles. The Balaban J connectivity index is 2.56. The molecule has 0 fully saturated rings. The summed E-state index contributed by atoms with van der Waals surface area (Å²) in [6.07, 6.45) is 1.41. The van der Waals surface area contributed by atoms with Crippen molar-refractivity contribution in [2.24, 2.45) is 5.92 Å². The van der Waals surface area contributed by atoms with Crippen molar-refractivity contribution in [1.82, 2.24) is 0 Å². The van der Waals surface area contributed by atoms with Crippen molar-refractivity contribution in [1.29, 1.82) is 0 Å². The number of ether oxygens (including phenoxy) is 1. The Hall–Kier alpha value is -0.980. The van der Waals surface area contributed by atoms with E-state index in [9.17, 15) is 0 Å². The maximum atomic E-state index is 5.86. The molecule has 0 bridgehead atoms. The molecule has 1 nitrogen and oxygen atoms in total. The van der Waals surface area contributed by atoms with E-state index in [2.05, 4.69) is 33.8 Å². The van der Waals surface area contributed by atoms with Crippen LogP contribution in [0.1, 0.15) is 32.8 Å². The van der Waals surface area contributed by atoms with Gasteiger partial charge in [0, 0.05) is 0 Å². The molecule has 0 aliphatic heterocycles. The average molecular weight is 192 g/mol. The molecule has 1 aromatic rings.